The largest absolute Gasteiger partial charge is 0.340 e. The maximum absolute atomic E-state index is 12.9. The molecule has 4 heteroatoms. The molecule has 0 atom stereocenters. The van der Waals surface area contributed by atoms with Crippen molar-refractivity contribution in [3.05, 3.63) is 70.6 Å². The fourth-order valence-electron chi connectivity index (χ4n) is 2.19. The summed E-state index contributed by atoms with van der Waals surface area (Å²) in [5.41, 5.74) is 1.52. The van der Waals surface area contributed by atoms with Crippen LogP contribution in [0.15, 0.2) is 59.2 Å². The number of nitrogens with zero attached hydrogens (tertiary/aromatic N) is 1. The van der Waals surface area contributed by atoms with E-state index in [-0.39, 0.29) is 18.1 Å². The minimum absolute atomic E-state index is 0.0366. The smallest absolute Gasteiger partial charge is 0.182 e. The summed E-state index contributed by atoms with van der Waals surface area (Å²) < 4.78 is 15.8. The van der Waals surface area contributed by atoms with Gasteiger partial charge in [0.25, 0.3) is 0 Å². The first-order valence-corrected chi connectivity index (χ1v) is 6.96. The second kappa shape index (κ2) is 5.21. The second-order valence-corrected chi connectivity index (χ2v) is 5.49. The first-order valence-electron chi connectivity index (χ1n) is 6.17. The zero-order chi connectivity index (χ0) is 14.1. The zero-order valence-electron chi connectivity index (χ0n) is 10.5. The van der Waals surface area contributed by atoms with Crippen LogP contribution in [0.5, 0.6) is 0 Å². The Balaban J connectivity index is 1.89. The molecule has 0 aliphatic rings. The molecule has 2 nitrogen and oxygen atoms in total. The minimum atomic E-state index is -0.335. The van der Waals surface area contributed by atoms with Gasteiger partial charge in [-0.15, -0.1) is 0 Å². The SMILES string of the molecule is O=C(Cn1ccc2cc(Br)ccc21)c1ccc(F)cc1. The maximum Gasteiger partial charge on any atom is 0.182 e. The van der Waals surface area contributed by atoms with E-state index in [1.165, 1.54) is 24.3 Å². The summed E-state index contributed by atoms with van der Waals surface area (Å²) in [7, 11) is 0. The van der Waals surface area contributed by atoms with E-state index in [1.807, 2.05) is 35.0 Å². The first kappa shape index (κ1) is 13.1. The van der Waals surface area contributed by atoms with Crippen molar-refractivity contribution in [3.8, 4) is 0 Å². The molecular formula is C16H11BrFNO. The van der Waals surface area contributed by atoms with E-state index >= 15 is 0 Å². The molecule has 0 radical (unpaired) electrons. The number of rotatable bonds is 3. The highest BCUT2D eigenvalue weighted by Crippen LogP contribution is 2.21. The van der Waals surface area contributed by atoms with Crippen LogP contribution in [-0.4, -0.2) is 10.4 Å². The molecule has 0 amide bonds. The van der Waals surface area contributed by atoms with Crippen molar-refractivity contribution in [2.45, 2.75) is 6.54 Å². The van der Waals surface area contributed by atoms with Gasteiger partial charge in [-0.3, -0.25) is 4.79 Å². The van der Waals surface area contributed by atoms with Crippen LogP contribution in [0, 0.1) is 5.82 Å². The van der Waals surface area contributed by atoms with Gasteiger partial charge >= 0.3 is 0 Å². The van der Waals surface area contributed by atoms with Gasteiger partial charge in [0.15, 0.2) is 5.78 Å². The van der Waals surface area contributed by atoms with Gasteiger partial charge < -0.3 is 4.57 Å². The van der Waals surface area contributed by atoms with Crippen LogP contribution in [0.1, 0.15) is 10.4 Å². The molecule has 0 bridgehead atoms. The molecule has 0 aliphatic carbocycles. The summed E-state index contributed by atoms with van der Waals surface area (Å²) in [6.45, 7) is 0.247. The monoisotopic (exact) mass is 331 g/mol. The van der Waals surface area contributed by atoms with Crippen molar-refractivity contribution in [1.29, 1.82) is 0 Å². The predicted octanol–water partition coefficient (Wildman–Crippen LogP) is 4.43. The number of carbonyl (C=O) groups is 1. The van der Waals surface area contributed by atoms with Crippen LogP contribution in [0.2, 0.25) is 0 Å². The molecule has 0 saturated carbocycles. The molecule has 0 fully saturated rings. The summed E-state index contributed by atoms with van der Waals surface area (Å²) in [5.74, 6) is -0.372. The van der Waals surface area contributed by atoms with Crippen molar-refractivity contribution < 1.29 is 9.18 Å². The molecule has 1 heterocycles. The highest BCUT2D eigenvalue weighted by atomic mass is 79.9. The van der Waals surface area contributed by atoms with Crippen LogP contribution in [0.3, 0.4) is 0 Å². The van der Waals surface area contributed by atoms with Gasteiger partial charge in [-0.2, -0.15) is 0 Å². The van der Waals surface area contributed by atoms with Crippen LogP contribution in [0.4, 0.5) is 4.39 Å². The summed E-state index contributed by atoms with van der Waals surface area (Å²) >= 11 is 3.42. The highest BCUT2D eigenvalue weighted by Gasteiger charge is 2.09. The van der Waals surface area contributed by atoms with Crippen LogP contribution in [0.25, 0.3) is 10.9 Å². The number of halogens is 2. The van der Waals surface area contributed by atoms with Crippen molar-refractivity contribution in [3.63, 3.8) is 0 Å². The Bertz CT molecular complexity index is 777. The Morgan fingerprint density at radius 3 is 2.60 bits per heavy atom. The molecule has 0 N–H and O–H groups in total. The molecule has 100 valence electrons. The summed E-state index contributed by atoms with van der Waals surface area (Å²) in [5, 5.41) is 1.08. The van der Waals surface area contributed by atoms with Crippen molar-refractivity contribution in [2.24, 2.45) is 0 Å². The highest BCUT2D eigenvalue weighted by molar-refractivity contribution is 9.10. The summed E-state index contributed by atoms with van der Waals surface area (Å²) in [4.78, 5) is 12.2. The van der Waals surface area contributed by atoms with Gasteiger partial charge in [-0.25, -0.2) is 4.39 Å². The lowest BCUT2D eigenvalue weighted by molar-refractivity contribution is 0.0973. The standard InChI is InChI=1S/C16H11BrFNO/c17-13-3-6-15-12(9-13)7-8-19(15)10-16(20)11-1-4-14(18)5-2-11/h1-9H,10H2. The number of hydrogen-bond donors (Lipinski definition) is 0. The Kier molecular flexibility index (Phi) is 3.40. The Hall–Kier alpha value is -1.94. The fraction of sp³-hybridized carbons (Fsp3) is 0.0625. The Morgan fingerprint density at radius 2 is 1.85 bits per heavy atom. The zero-order valence-corrected chi connectivity index (χ0v) is 12.1. The third kappa shape index (κ3) is 2.51. The summed E-state index contributed by atoms with van der Waals surface area (Å²) in [6, 6.07) is 13.5. The molecule has 2 aromatic carbocycles. The normalized spacial score (nSPS) is 10.9. The third-order valence-corrected chi connectivity index (χ3v) is 3.71. The number of aromatic nitrogens is 1. The number of carbonyl (C=O) groups excluding carboxylic acids is 1. The van der Waals surface area contributed by atoms with Crippen molar-refractivity contribution in [2.75, 3.05) is 0 Å². The molecule has 3 aromatic rings. The van der Waals surface area contributed by atoms with Gasteiger partial charge in [0.05, 0.1) is 6.54 Å². The molecule has 1 aromatic heterocycles. The van der Waals surface area contributed by atoms with E-state index in [0.717, 1.165) is 15.4 Å². The molecule has 0 spiro atoms. The van der Waals surface area contributed by atoms with Gasteiger partial charge in [0.1, 0.15) is 5.82 Å². The van der Waals surface area contributed by atoms with E-state index in [4.69, 9.17) is 0 Å². The average Bonchev–Trinajstić information content (AvgIpc) is 2.81. The number of benzene rings is 2. The van der Waals surface area contributed by atoms with Crippen LogP contribution in [-0.2, 0) is 6.54 Å². The lowest BCUT2D eigenvalue weighted by Crippen LogP contribution is -2.09. The first-order chi connectivity index (χ1) is 9.63. The third-order valence-electron chi connectivity index (χ3n) is 3.21. The Morgan fingerprint density at radius 1 is 1.10 bits per heavy atom. The number of fused-ring (bicyclic) bond motifs is 1. The van der Waals surface area contributed by atoms with Gasteiger partial charge in [0, 0.05) is 27.1 Å². The quantitative estimate of drug-likeness (QED) is 0.651. The average molecular weight is 332 g/mol. The molecular weight excluding hydrogens is 321 g/mol. The number of hydrogen-bond acceptors (Lipinski definition) is 1. The predicted molar refractivity (Wildman–Crippen MR) is 80.4 cm³/mol. The molecule has 20 heavy (non-hydrogen) atoms. The number of Topliss-reactive ketones (excluding diaryl/α,β-unsaturated/α-hetero) is 1. The second-order valence-electron chi connectivity index (χ2n) is 4.58. The van der Waals surface area contributed by atoms with E-state index in [9.17, 15) is 9.18 Å². The van der Waals surface area contributed by atoms with E-state index < -0.39 is 0 Å². The van der Waals surface area contributed by atoms with E-state index in [0.29, 0.717) is 5.56 Å². The molecule has 0 unspecified atom stereocenters. The molecule has 0 saturated heterocycles. The lowest BCUT2D eigenvalue weighted by atomic mass is 10.1. The van der Waals surface area contributed by atoms with Gasteiger partial charge in [-0.1, -0.05) is 15.9 Å². The Labute approximate surface area is 124 Å². The molecule has 0 aliphatic heterocycles. The topological polar surface area (TPSA) is 22.0 Å². The minimum Gasteiger partial charge on any atom is -0.340 e. The van der Waals surface area contributed by atoms with Crippen LogP contribution >= 0.6 is 15.9 Å². The van der Waals surface area contributed by atoms with E-state index in [1.54, 1.807) is 0 Å². The van der Waals surface area contributed by atoms with Gasteiger partial charge in [0.2, 0.25) is 0 Å². The fourth-order valence-corrected chi connectivity index (χ4v) is 2.57. The summed E-state index contributed by atoms with van der Waals surface area (Å²) in [6.07, 6.45) is 1.89. The molecule has 3 rings (SSSR count). The van der Waals surface area contributed by atoms with Crippen molar-refractivity contribution >= 4 is 32.6 Å². The number of ketones is 1. The van der Waals surface area contributed by atoms with Crippen molar-refractivity contribution in [1.82, 2.24) is 4.57 Å². The van der Waals surface area contributed by atoms with Gasteiger partial charge in [-0.05, 0) is 48.5 Å². The van der Waals surface area contributed by atoms with Crippen LogP contribution < -0.4 is 0 Å². The maximum atomic E-state index is 12.9. The lowest BCUT2D eigenvalue weighted by Gasteiger charge is -2.05. The van der Waals surface area contributed by atoms with E-state index in [2.05, 4.69) is 15.9 Å².